The maximum absolute atomic E-state index is 12.7. The lowest BCUT2D eigenvalue weighted by Crippen LogP contribution is -2.01. The predicted octanol–water partition coefficient (Wildman–Crippen LogP) is 2.95. The van der Waals surface area contributed by atoms with E-state index in [0.717, 1.165) is 4.90 Å². The number of thioether (sulfide) groups is 1. The summed E-state index contributed by atoms with van der Waals surface area (Å²) in [6, 6.07) is 4.54. The maximum atomic E-state index is 12.7. The Balaban J connectivity index is 2.73. The number of benzene rings is 1. The molecule has 0 saturated carbocycles. The van der Waals surface area contributed by atoms with Crippen LogP contribution in [0, 0.1) is 5.82 Å². The van der Waals surface area contributed by atoms with E-state index in [9.17, 15) is 4.39 Å². The highest BCUT2D eigenvalue weighted by molar-refractivity contribution is 8.00. The Morgan fingerprint density at radius 3 is 2.85 bits per heavy atom. The average molecular weight is 221 g/mol. The molecule has 0 saturated heterocycles. The Kier molecular flexibility index (Phi) is 4.03. The van der Waals surface area contributed by atoms with Gasteiger partial charge in [0.2, 0.25) is 0 Å². The minimum atomic E-state index is -0.414. The van der Waals surface area contributed by atoms with E-state index in [4.69, 9.17) is 16.7 Å². The van der Waals surface area contributed by atoms with Gasteiger partial charge in [-0.05, 0) is 18.2 Å². The fourth-order valence-electron chi connectivity index (χ4n) is 0.820. The monoisotopic (exact) mass is 220 g/mol. The highest BCUT2D eigenvalue weighted by atomic mass is 35.5. The third-order valence-electron chi connectivity index (χ3n) is 1.49. The number of rotatable bonds is 3. The summed E-state index contributed by atoms with van der Waals surface area (Å²) in [6.45, 7) is 1.99. The molecule has 0 radical (unpaired) electrons. The van der Waals surface area contributed by atoms with Gasteiger partial charge in [-0.2, -0.15) is 0 Å². The molecule has 1 N–H and O–H groups in total. The van der Waals surface area contributed by atoms with Crippen molar-refractivity contribution in [2.45, 2.75) is 17.1 Å². The van der Waals surface area contributed by atoms with Crippen molar-refractivity contribution in [3.63, 3.8) is 0 Å². The second kappa shape index (κ2) is 4.84. The summed E-state index contributed by atoms with van der Waals surface area (Å²) in [5.74, 6) is -0.414. The first-order chi connectivity index (χ1) is 6.13. The summed E-state index contributed by atoms with van der Waals surface area (Å²) in [7, 11) is 0. The summed E-state index contributed by atoms with van der Waals surface area (Å²) in [4.78, 5) is 0.868. The van der Waals surface area contributed by atoms with E-state index >= 15 is 0 Å². The molecule has 1 aromatic rings. The average Bonchev–Trinajstić information content (AvgIpc) is 2.11. The molecule has 0 aliphatic heterocycles. The summed E-state index contributed by atoms with van der Waals surface area (Å²) < 4.78 is 12.7. The molecule has 0 fully saturated rings. The van der Waals surface area contributed by atoms with Crippen LogP contribution < -0.4 is 0 Å². The standard InChI is InChI=1S/C9H10ClFOS/c1-6(5-12)13-7-2-3-9(11)8(10)4-7/h2-4,6,12H,5H2,1H3. The van der Waals surface area contributed by atoms with Crippen molar-refractivity contribution in [2.24, 2.45) is 0 Å². The number of hydrogen-bond acceptors (Lipinski definition) is 2. The second-order valence-corrected chi connectivity index (χ2v) is 4.61. The highest BCUT2D eigenvalue weighted by Gasteiger charge is 2.05. The van der Waals surface area contributed by atoms with Gasteiger partial charge in [0, 0.05) is 10.1 Å². The van der Waals surface area contributed by atoms with Crippen LogP contribution in [0.3, 0.4) is 0 Å². The van der Waals surface area contributed by atoms with Gasteiger partial charge in [0.15, 0.2) is 0 Å². The van der Waals surface area contributed by atoms with Crippen molar-refractivity contribution < 1.29 is 9.50 Å². The van der Waals surface area contributed by atoms with Crippen molar-refractivity contribution in [3.05, 3.63) is 29.0 Å². The molecule has 1 atom stereocenters. The van der Waals surface area contributed by atoms with Crippen molar-refractivity contribution in [3.8, 4) is 0 Å². The van der Waals surface area contributed by atoms with Crippen LogP contribution in [-0.4, -0.2) is 17.0 Å². The lowest BCUT2D eigenvalue weighted by atomic mass is 10.3. The van der Waals surface area contributed by atoms with Crippen LogP contribution >= 0.6 is 23.4 Å². The normalized spacial score (nSPS) is 12.9. The molecule has 1 aromatic carbocycles. The molecule has 0 aliphatic carbocycles. The van der Waals surface area contributed by atoms with Crippen molar-refractivity contribution >= 4 is 23.4 Å². The first-order valence-corrected chi connectivity index (χ1v) is 5.12. The molecule has 72 valence electrons. The Morgan fingerprint density at radius 2 is 2.31 bits per heavy atom. The van der Waals surface area contributed by atoms with Gasteiger partial charge >= 0.3 is 0 Å². The minimum absolute atomic E-state index is 0.0969. The first-order valence-electron chi connectivity index (χ1n) is 3.86. The van der Waals surface area contributed by atoms with Crippen LogP contribution in [0.15, 0.2) is 23.1 Å². The number of aliphatic hydroxyl groups excluding tert-OH is 1. The molecule has 1 nitrogen and oxygen atoms in total. The van der Waals surface area contributed by atoms with E-state index in [1.54, 1.807) is 12.1 Å². The van der Waals surface area contributed by atoms with E-state index in [1.165, 1.54) is 17.8 Å². The molecular formula is C9H10ClFOS. The van der Waals surface area contributed by atoms with E-state index < -0.39 is 5.82 Å². The smallest absolute Gasteiger partial charge is 0.141 e. The molecule has 0 aromatic heterocycles. The molecule has 1 unspecified atom stereocenters. The zero-order valence-corrected chi connectivity index (χ0v) is 8.70. The Morgan fingerprint density at radius 1 is 1.62 bits per heavy atom. The molecule has 13 heavy (non-hydrogen) atoms. The molecule has 0 bridgehead atoms. The van der Waals surface area contributed by atoms with Crippen LogP contribution in [-0.2, 0) is 0 Å². The van der Waals surface area contributed by atoms with Gasteiger partial charge in [0.05, 0.1) is 11.6 Å². The van der Waals surface area contributed by atoms with Crippen LogP contribution in [0.5, 0.6) is 0 Å². The minimum Gasteiger partial charge on any atom is -0.395 e. The molecule has 0 aliphatic rings. The molecule has 1 rings (SSSR count). The van der Waals surface area contributed by atoms with Crippen LogP contribution in [0.4, 0.5) is 4.39 Å². The Labute approximate surface area is 85.9 Å². The zero-order chi connectivity index (χ0) is 9.84. The predicted molar refractivity (Wildman–Crippen MR) is 53.8 cm³/mol. The van der Waals surface area contributed by atoms with Gasteiger partial charge in [0.25, 0.3) is 0 Å². The number of hydrogen-bond donors (Lipinski definition) is 1. The SMILES string of the molecule is CC(CO)Sc1ccc(F)c(Cl)c1. The summed E-state index contributed by atoms with van der Waals surface area (Å²) in [5, 5.41) is 9.01. The fraction of sp³-hybridized carbons (Fsp3) is 0.333. The Bertz CT molecular complexity index is 293. The maximum Gasteiger partial charge on any atom is 0.141 e. The van der Waals surface area contributed by atoms with Crippen LogP contribution in [0.2, 0.25) is 5.02 Å². The number of halogens is 2. The third kappa shape index (κ3) is 3.18. The fourth-order valence-corrected chi connectivity index (χ4v) is 1.94. The van der Waals surface area contributed by atoms with Crippen molar-refractivity contribution in [1.82, 2.24) is 0 Å². The summed E-state index contributed by atoms with van der Waals surface area (Å²) in [5.41, 5.74) is 0. The van der Waals surface area contributed by atoms with E-state index in [0.29, 0.717) is 0 Å². The van der Waals surface area contributed by atoms with Crippen molar-refractivity contribution in [2.75, 3.05) is 6.61 Å². The lowest BCUT2D eigenvalue weighted by Gasteiger charge is -2.07. The van der Waals surface area contributed by atoms with E-state index in [-0.39, 0.29) is 16.9 Å². The summed E-state index contributed by atoms with van der Waals surface area (Å²) in [6.07, 6.45) is 0. The second-order valence-electron chi connectivity index (χ2n) is 2.69. The van der Waals surface area contributed by atoms with Gasteiger partial charge in [-0.3, -0.25) is 0 Å². The van der Waals surface area contributed by atoms with Gasteiger partial charge in [-0.1, -0.05) is 18.5 Å². The zero-order valence-electron chi connectivity index (χ0n) is 7.13. The van der Waals surface area contributed by atoms with E-state index in [2.05, 4.69) is 0 Å². The van der Waals surface area contributed by atoms with Crippen LogP contribution in [0.1, 0.15) is 6.92 Å². The quantitative estimate of drug-likeness (QED) is 0.791. The molecule has 0 amide bonds. The van der Waals surface area contributed by atoms with Gasteiger partial charge in [-0.25, -0.2) is 4.39 Å². The first kappa shape index (κ1) is 10.8. The lowest BCUT2D eigenvalue weighted by molar-refractivity contribution is 0.300. The third-order valence-corrected chi connectivity index (χ3v) is 2.85. The van der Waals surface area contributed by atoms with E-state index in [1.807, 2.05) is 6.92 Å². The topological polar surface area (TPSA) is 20.2 Å². The Hall–Kier alpha value is -0.250. The molecule has 0 heterocycles. The molecule has 0 spiro atoms. The van der Waals surface area contributed by atoms with Gasteiger partial charge in [-0.15, -0.1) is 11.8 Å². The van der Waals surface area contributed by atoms with Gasteiger partial charge in [0.1, 0.15) is 5.82 Å². The van der Waals surface area contributed by atoms with Crippen LogP contribution in [0.25, 0.3) is 0 Å². The number of aliphatic hydroxyl groups is 1. The van der Waals surface area contributed by atoms with Gasteiger partial charge < -0.3 is 5.11 Å². The molecular weight excluding hydrogens is 211 g/mol. The summed E-state index contributed by atoms with van der Waals surface area (Å²) >= 11 is 7.05. The molecule has 4 heteroatoms. The van der Waals surface area contributed by atoms with Crippen molar-refractivity contribution in [1.29, 1.82) is 0 Å². The largest absolute Gasteiger partial charge is 0.395 e. The highest BCUT2D eigenvalue weighted by Crippen LogP contribution is 2.26.